The van der Waals surface area contributed by atoms with E-state index in [-0.39, 0.29) is 11.8 Å². The molecule has 9 heteroatoms. The lowest BCUT2D eigenvalue weighted by molar-refractivity contribution is -0.137. The van der Waals surface area contributed by atoms with Gasteiger partial charge in [0.1, 0.15) is 5.69 Å². The second kappa shape index (κ2) is 6.62. The number of carbonyl (C=O) groups excluding carboxylic acids is 1. The molecule has 1 amide bonds. The van der Waals surface area contributed by atoms with Crippen molar-refractivity contribution in [2.75, 3.05) is 45.9 Å². The molecule has 0 saturated carbocycles. The molecule has 0 N–H and O–H groups in total. The summed E-state index contributed by atoms with van der Waals surface area (Å²) < 4.78 is 10.6. The third kappa shape index (κ3) is 3.13. The minimum Gasteiger partial charge on any atom is -0.378 e. The normalized spacial score (nSPS) is 19.2. The molecule has 4 heterocycles. The van der Waals surface area contributed by atoms with Gasteiger partial charge in [0.2, 0.25) is 17.6 Å². The van der Waals surface area contributed by atoms with Crippen molar-refractivity contribution in [2.24, 2.45) is 0 Å². The number of hydrogen-bond acceptors (Lipinski definition) is 8. The summed E-state index contributed by atoms with van der Waals surface area (Å²) in [5.41, 5.74) is 0.589. The fourth-order valence-electron chi connectivity index (χ4n) is 2.88. The van der Waals surface area contributed by atoms with Crippen LogP contribution in [0.15, 0.2) is 23.1 Å². The van der Waals surface area contributed by atoms with Gasteiger partial charge in [0, 0.05) is 38.6 Å². The van der Waals surface area contributed by atoms with E-state index in [4.69, 9.17) is 9.26 Å². The largest absolute Gasteiger partial charge is 0.378 e. The number of amides is 1. The van der Waals surface area contributed by atoms with E-state index in [9.17, 15) is 4.79 Å². The Morgan fingerprint density at radius 2 is 2.08 bits per heavy atom. The molecule has 0 aliphatic carbocycles. The maximum Gasteiger partial charge on any atom is 0.236 e. The van der Waals surface area contributed by atoms with E-state index in [1.165, 1.54) is 0 Å². The first-order valence-corrected chi connectivity index (χ1v) is 7.97. The van der Waals surface area contributed by atoms with E-state index in [0.717, 1.165) is 13.1 Å². The van der Waals surface area contributed by atoms with Crippen molar-refractivity contribution in [1.29, 1.82) is 0 Å². The number of ether oxygens (including phenoxy) is 1. The van der Waals surface area contributed by atoms with Crippen LogP contribution in [0.25, 0.3) is 11.5 Å². The predicted molar refractivity (Wildman–Crippen MR) is 81.9 cm³/mol. The molecule has 2 fully saturated rings. The average molecular weight is 330 g/mol. The van der Waals surface area contributed by atoms with Crippen molar-refractivity contribution in [3.05, 3.63) is 24.5 Å². The zero-order valence-electron chi connectivity index (χ0n) is 13.2. The Hall–Kier alpha value is -2.39. The maximum absolute atomic E-state index is 12.2. The van der Waals surface area contributed by atoms with Gasteiger partial charge in [-0.25, -0.2) is 4.98 Å². The minimum atomic E-state index is 0.155. The zero-order chi connectivity index (χ0) is 16.4. The van der Waals surface area contributed by atoms with Gasteiger partial charge in [0.25, 0.3) is 0 Å². The van der Waals surface area contributed by atoms with Gasteiger partial charge in [-0.2, -0.15) is 4.98 Å². The molecule has 2 saturated heterocycles. The van der Waals surface area contributed by atoms with Crippen LogP contribution in [-0.4, -0.2) is 81.8 Å². The van der Waals surface area contributed by atoms with Crippen molar-refractivity contribution >= 4 is 5.91 Å². The molecule has 2 aromatic rings. The van der Waals surface area contributed by atoms with Gasteiger partial charge in [-0.05, 0) is 0 Å². The molecule has 126 valence electrons. The molecule has 24 heavy (non-hydrogen) atoms. The van der Waals surface area contributed by atoms with E-state index < -0.39 is 0 Å². The van der Waals surface area contributed by atoms with Gasteiger partial charge in [0.15, 0.2) is 0 Å². The molecule has 2 aromatic heterocycles. The Morgan fingerprint density at radius 3 is 2.83 bits per heavy atom. The van der Waals surface area contributed by atoms with E-state index >= 15 is 0 Å². The van der Waals surface area contributed by atoms with Crippen LogP contribution in [0.1, 0.15) is 11.8 Å². The summed E-state index contributed by atoms with van der Waals surface area (Å²) in [5, 5.41) is 3.95. The van der Waals surface area contributed by atoms with Crippen LogP contribution in [0.5, 0.6) is 0 Å². The van der Waals surface area contributed by atoms with E-state index in [1.807, 2.05) is 4.90 Å². The Bertz CT molecular complexity index is 694. The topological polar surface area (TPSA) is 97.5 Å². The molecule has 9 nitrogen and oxygen atoms in total. The van der Waals surface area contributed by atoms with Crippen LogP contribution in [0.4, 0.5) is 0 Å². The van der Waals surface area contributed by atoms with Crippen LogP contribution in [0.2, 0.25) is 0 Å². The van der Waals surface area contributed by atoms with Crippen molar-refractivity contribution in [3.63, 3.8) is 0 Å². The number of likely N-dealkylation sites (tertiary alicyclic amines) is 1. The quantitative estimate of drug-likeness (QED) is 0.759. The third-order valence-electron chi connectivity index (χ3n) is 4.26. The van der Waals surface area contributed by atoms with E-state index in [2.05, 4.69) is 25.0 Å². The SMILES string of the molecule is O=C(CN1CC(c2nc(-c3cnccn3)no2)C1)N1CCOCC1. The van der Waals surface area contributed by atoms with Gasteiger partial charge in [0.05, 0.1) is 31.9 Å². The molecular weight excluding hydrogens is 312 g/mol. The second-order valence-corrected chi connectivity index (χ2v) is 5.93. The van der Waals surface area contributed by atoms with E-state index in [0.29, 0.717) is 50.3 Å². The fourth-order valence-corrected chi connectivity index (χ4v) is 2.88. The van der Waals surface area contributed by atoms with Crippen molar-refractivity contribution in [1.82, 2.24) is 29.9 Å². The molecule has 2 aliphatic heterocycles. The molecule has 4 rings (SSSR count). The monoisotopic (exact) mass is 330 g/mol. The third-order valence-corrected chi connectivity index (χ3v) is 4.26. The molecule has 0 radical (unpaired) electrons. The molecule has 0 unspecified atom stereocenters. The van der Waals surface area contributed by atoms with E-state index in [1.54, 1.807) is 18.6 Å². The summed E-state index contributed by atoms with van der Waals surface area (Å²) in [6, 6.07) is 0. The minimum absolute atomic E-state index is 0.155. The smallest absolute Gasteiger partial charge is 0.236 e. The average Bonchev–Trinajstić information content (AvgIpc) is 3.08. The summed E-state index contributed by atoms with van der Waals surface area (Å²) in [6.45, 7) is 4.55. The molecule has 0 bridgehead atoms. The van der Waals surface area contributed by atoms with Crippen LogP contribution in [-0.2, 0) is 9.53 Å². The van der Waals surface area contributed by atoms with Crippen LogP contribution < -0.4 is 0 Å². The first kappa shape index (κ1) is 15.2. The summed E-state index contributed by atoms with van der Waals surface area (Å²) >= 11 is 0. The van der Waals surface area contributed by atoms with Crippen LogP contribution >= 0.6 is 0 Å². The highest BCUT2D eigenvalue weighted by atomic mass is 16.5. The standard InChI is InChI=1S/C15H18N6O3/c22-13(21-3-5-23-6-4-21)10-20-8-11(9-20)15-18-14(19-24-15)12-7-16-1-2-17-12/h1-2,7,11H,3-6,8-10H2. The highest BCUT2D eigenvalue weighted by Gasteiger charge is 2.34. The summed E-state index contributed by atoms with van der Waals surface area (Å²) in [6.07, 6.45) is 4.79. The predicted octanol–water partition coefficient (Wildman–Crippen LogP) is -0.215. The van der Waals surface area contributed by atoms with Crippen LogP contribution in [0.3, 0.4) is 0 Å². The zero-order valence-corrected chi connectivity index (χ0v) is 13.2. The van der Waals surface area contributed by atoms with Crippen molar-refractivity contribution in [2.45, 2.75) is 5.92 Å². The van der Waals surface area contributed by atoms with Crippen molar-refractivity contribution < 1.29 is 14.1 Å². The molecule has 0 aromatic carbocycles. The summed E-state index contributed by atoms with van der Waals surface area (Å²) in [5.74, 6) is 1.36. The molecule has 2 aliphatic rings. The first-order chi connectivity index (χ1) is 11.8. The van der Waals surface area contributed by atoms with Gasteiger partial charge < -0.3 is 14.2 Å². The maximum atomic E-state index is 12.2. The van der Waals surface area contributed by atoms with Gasteiger partial charge in [-0.1, -0.05) is 5.16 Å². The van der Waals surface area contributed by atoms with Gasteiger partial charge >= 0.3 is 0 Å². The number of rotatable bonds is 4. The summed E-state index contributed by atoms with van der Waals surface area (Å²) in [4.78, 5) is 28.7. The Balaban J connectivity index is 1.30. The highest BCUT2D eigenvalue weighted by Crippen LogP contribution is 2.26. The lowest BCUT2D eigenvalue weighted by Crippen LogP contribution is -2.52. The second-order valence-electron chi connectivity index (χ2n) is 5.93. The Morgan fingerprint density at radius 1 is 1.25 bits per heavy atom. The highest BCUT2D eigenvalue weighted by molar-refractivity contribution is 5.78. The lowest BCUT2D eigenvalue weighted by Gasteiger charge is -2.38. The fraction of sp³-hybridized carbons (Fsp3) is 0.533. The molecular formula is C15H18N6O3. The van der Waals surface area contributed by atoms with Gasteiger partial charge in [-0.15, -0.1) is 0 Å². The summed E-state index contributed by atoms with van der Waals surface area (Å²) in [7, 11) is 0. The molecule has 0 atom stereocenters. The van der Waals surface area contributed by atoms with Crippen LogP contribution in [0, 0.1) is 0 Å². The number of hydrogen-bond donors (Lipinski definition) is 0. The first-order valence-electron chi connectivity index (χ1n) is 7.97. The van der Waals surface area contributed by atoms with Crippen molar-refractivity contribution in [3.8, 4) is 11.5 Å². The Kier molecular flexibility index (Phi) is 4.18. The number of aromatic nitrogens is 4. The number of morpholine rings is 1. The number of carbonyl (C=O) groups is 1. The van der Waals surface area contributed by atoms with Gasteiger partial charge in [-0.3, -0.25) is 14.7 Å². The number of nitrogens with zero attached hydrogens (tertiary/aromatic N) is 6. The Labute approximate surface area is 138 Å². The molecule has 0 spiro atoms. The lowest BCUT2D eigenvalue weighted by atomic mass is 10.0.